The van der Waals surface area contributed by atoms with Crippen molar-refractivity contribution < 1.29 is 24.5 Å². The Morgan fingerprint density at radius 2 is 1.81 bits per heavy atom. The predicted molar refractivity (Wildman–Crippen MR) is 135 cm³/mol. The van der Waals surface area contributed by atoms with Crippen molar-refractivity contribution in [3.8, 4) is 22.5 Å². The molecule has 0 fully saturated rings. The number of non-ortho nitro benzene ring substituents is 1. The number of carbonyl (C=O) groups excluding carboxylic acids is 3. The van der Waals surface area contributed by atoms with Crippen molar-refractivity contribution in [2.24, 2.45) is 0 Å². The Morgan fingerprint density at radius 1 is 1.08 bits per heavy atom. The van der Waals surface area contributed by atoms with Crippen molar-refractivity contribution in [2.45, 2.75) is 6.92 Å². The van der Waals surface area contributed by atoms with Crippen molar-refractivity contribution in [3.63, 3.8) is 0 Å². The molecule has 3 aromatic carbocycles. The molecule has 0 aliphatic heterocycles. The number of nitrogens with one attached hydrogen (secondary N) is 1. The van der Waals surface area contributed by atoms with E-state index in [0.29, 0.717) is 39.7 Å². The van der Waals surface area contributed by atoms with Gasteiger partial charge in [-0.2, -0.15) is 4.73 Å². The molecule has 2 N–H and O–H groups in total. The molecule has 0 spiro atoms. The minimum Gasteiger partial charge on any atom is -0.426 e. The van der Waals surface area contributed by atoms with Gasteiger partial charge in [-0.15, -0.1) is 0 Å². The fourth-order valence-corrected chi connectivity index (χ4v) is 3.75. The molecule has 0 radical (unpaired) electrons. The zero-order valence-electron chi connectivity index (χ0n) is 19.8. The highest BCUT2D eigenvalue weighted by molar-refractivity contribution is 5.96. The third-order valence-electron chi connectivity index (χ3n) is 5.71. The van der Waals surface area contributed by atoms with Gasteiger partial charge in [0, 0.05) is 36.4 Å². The normalized spacial score (nSPS) is 11.0. The molecule has 0 aliphatic carbocycles. The van der Waals surface area contributed by atoms with Gasteiger partial charge in [-0.1, -0.05) is 30.3 Å². The number of ketones is 1. The first-order valence-corrected chi connectivity index (χ1v) is 11.0. The number of aromatic nitrogens is 2. The van der Waals surface area contributed by atoms with E-state index in [9.17, 15) is 29.7 Å². The minimum atomic E-state index is -0.557. The molecule has 1 aromatic heterocycles. The lowest BCUT2D eigenvalue weighted by Gasteiger charge is -2.13. The number of nitro benzene ring substituents is 1. The average molecular weight is 499 g/mol. The number of hydrogen-bond donors (Lipinski definition) is 2. The van der Waals surface area contributed by atoms with E-state index in [1.807, 2.05) is 0 Å². The van der Waals surface area contributed by atoms with E-state index in [-0.39, 0.29) is 22.8 Å². The molecule has 1 heterocycles. The van der Waals surface area contributed by atoms with Crippen LogP contribution in [0.5, 0.6) is 0 Å². The maximum absolute atomic E-state index is 12.2. The van der Waals surface area contributed by atoms with Crippen LogP contribution in [-0.2, 0) is 9.59 Å². The summed E-state index contributed by atoms with van der Waals surface area (Å²) < 4.78 is 0.796. The maximum Gasteiger partial charge on any atom is 0.271 e. The minimum absolute atomic E-state index is 0.0891. The van der Waals surface area contributed by atoms with Crippen LogP contribution < -0.4 is 5.43 Å². The molecule has 0 saturated heterocycles. The Labute approximate surface area is 210 Å². The summed E-state index contributed by atoms with van der Waals surface area (Å²) in [6.07, 6.45) is 3.24. The van der Waals surface area contributed by atoms with Crippen LogP contribution in [0.3, 0.4) is 0 Å². The number of hydrogen-bond acceptors (Lipinski definition) is 7. The highest BCUT2D eigenvalue weighted by Crippen LogP contribution is 2.35. The van der Waals surface area contributed by atoms with Gasteiger partial charge in [0.1, 0.15) is 5.52 Å². The molecule has 0 atom stereocenters. The van der Waals surface area contributed by atoms with Crippen LogP contribution in [0, 0.1) is 10.1 Å². The lowest BCUT2D eigenvalue weighted by molar-refractivity contribution is -0.384. The summed E-state index contributed by atoms with van der Waals surface area (Å²) in [5.41, 5.74) is 5.60. The Bertz CT molecular complexity index is 1570. The van der Waals surface area contributed by atoms with E-state index in [2.05, 4.69) is 10.4 Å². The molecule has 4 rings (SSSR count). The van der Waals surface area contributed by atoms with Crippen LogP contribution >= 0.6 is 0 Å². The molecule has 37 heavy (non-hydrogen) atoms. The number of fused-ring (bicyclic) bond motifs is 1. The molecular weight excluding hydrogens is 478 g/mol. The second-order valence-corrected chi connectivity index (χ2v) is 8.09. The Kier molecular flexibility index (Phi) is 6.78. The fourth-order valence-electron chi connectivity index (χ4n) is 3.75. The molecule has 11 nitrogen and oxygen atoms in total. The number of carbonyl (C=O) groups is 3. The van der Waals surface area contributed by atoms with Gasteiger partial charge in [0.25, 0.3) is 11.6 Å². The van der Waals surface area contributed by atoms with Crippen molar-refractivity contribution >= 4 is 40.9 Å². The monoisotopic (exact) mass is 499 g/mol. The SMILES string of the molecule is CC(=O)c1ccc(-c2cc(/C=C/C(=O)N(C)NC=O)ccc2-c2nc3ccc([N+](=O)[O-])cc3n2O)cc1. The van der Waals surface area contributed by atoms with Crippen LogP contribution in [0.4, 0.5) is 5.69 Å². The highest BCUT2D eigenvalue weighted by atomic mass is 16.6. The number of rotatable bonds is 8. The summed E-state index contributed by atoms with van der Waals surface area (Å²) in [4.78, 5) is 49.6. The van der Waals surface area contributed by atoms with E-state index < -0.39 is 10.8 Å². The number of imidazole rings is 1. The molecule has 186 valence electrons. The number of amides is 2. The van der Waals surface area contributed by atoms with Gasteiger partial charge in [-0.3, -0.25) is 34.9 Å². The van der Waals surface area contributed by atoms with Crippen LogP contribution in [-0.4, -0.2) is 50.0 Å². The average Bonchev–Trinajstić information content (AvgIpc) is 3.22. The summed E-state index contributed by atoms with van der Waals surface area (Å²) in [5.74, 6) is -0.390. The van der Waals surface area contributed by atoms with Gasteiger partial charge < -0.3 is 5.21 Å². The van der Waals surface area contributed by atoms with Gasteiger partial charge in [0.2, 0.25) is 6.41 Å². The number of benzene rings is 3. The standard InChI is InChI=1S/C26H21N5O6/c1-16(33)18-5-7-19(8-6-18)22-13-17(4-12-25(34)29(2)27-15-32)3-10-21(22)26-28-23-11-9-20(31(36)37)14-24(23)30(26)35/h3-15,35H,1-2H3,(H,27,32)/b12-4+. The number of nitro groups is 1. The van der Waals surface area contributed by atoms with Crippen LogP contribution in [0.1, 0.15) is 22.8 Å². The Balaban J connectivity index is 1.85. The summed E-state index contributed by atoms with van der Waals surface area (Å²) in [5, 5.41) is 23.1. The molecule has 11 heteroatoms. The second kappa shape index (κ2) is 10.1. The molecule has 2 amide bonds. The zero-order chi connectivity index (χ0) is 26.7. The van der Waals surface area contributed by atoms with E-state index in [1.54, 1.807) is 48.5 Å². The summed E-state index contributed by atoms with van der Waals surface area (Å²) >= 11 is 0. The predicted octanol–water partition coefficient (Wildman–Crippen LogP) is 3.85. The van der Waals surface area contributed by atoms with E-state index in [4.69, 9.17) is 0 Å². The van der Waals surface area contributed by atoms with Crippen LogP contribution in [0.15, 0.2) is 66.7 Å². The molecular formula is C26H21N5O6. The molecule has 0 unspecified atom stereocenters. The second-order valence-electron chi connectivity index (χ2n) is 8.09. The number of Topliss-reactive ketones (excluding diaryl/α,β-unsaturated/α-hetero) is 1. The van der Waals surface area contributed by atoms with Gasteiger partial charge in [0.05, 0.1) is 10.4 Å². The van der Waals surface area contributed by atoms with Crippen molar-refractivity contribution in [2.75, 3.05) is 7.05 Å². The topological polar surface area (TPSA) is 148 Å². The van der Waals surface area contributed by atoms with Gasteiger partial charge in [-0.05, 0) is 47.9 Å². The fraction of sp³-hybridized carbons (Fsp3) is 0.0769. The molecule has 0 bridgehead atoms. The quantitative estimate of drug-likeness (QED) is 0.0934. The Hall–Kier alpha value is -5.32. The van der Waals surface area contributed by atoms with Crippen molar-refractivity contribution in [3.05, 3.63) is 88.0 Å². The third-order valence-corrected chi connectivity index (χ3v) is 5.71. The molecule has 0 saturated carbocycles. The summed E-state index contributed by atoms with van der Waals surface area (Å²) in [6.45, 7) is 1.46. The molecule has 0 aliphatic rings. The summed E-state index contributed by atoms with van der Waals surface area (Å²) in [7, 11) is 1.41. The molecule has 4 aromatic rings. The highest BCUT2D eigenvalue weighted by Gasteiger charge is 2.19. The van der Waals surface area contributed by atoms with Crippen molar-refractivity contribution in [1.82, 2.24) is 20.1 Å². The van der Waals surface area contributed by atoms with Crippen molar-refractivity contribution in [1.29, 1.82) is 0 Å². The van der Waals surface area contributed by atoms with Gasteiger partial charge >= 0.3 is 0 Å². The van der Waals surface area contributed by atoms with Crippen LogP contribution in [0.25, 0.3) is 39.6 Å². The largest absolute Gasteiger partial charge is 0.426 e. The lowest BCUT2D eigenvalue weighted by atomic mass is 9.95. The smallest absolute Gasteiger partial charge is 0.271 e. The number of likely N-dealkylation sites (N-methyl/N-ethyl adjacent to an activating group) is 1. The third kappa shape index (κ3) is 5.05. The zero-order valence-corrected chi connectivity index (χ0v) is 19.8. The summed E-state index contributed by atoms with van der Waals surface area (Å²) in [6, 6.07) is 16.1. The van der Waals surface area contributed by atoms with E-state index in [0.717, 1.165) is 9.74 Å². The number of nitrogens with zero attached hydrogens (tertiary/aromatic N) is 4. The Morgan fingerprint density at radius 3 is 2.46 bits per heavy atom. The van der Waals surface area contributed by atoms with Crippen LogP contribution in [0.2, 0.25) is 0 Å². The number of hydrazine groups is 1. The lowest BCUT2D eigenvalue weighted by Crippen LogP contribution is -2.37. The van der Waals surface area contributed by atoms with Gasteiger partial charge in [0.15, 0.2) is 11.6 Å². The first-order chi connectivity index (χ1) is 17.7. The first-order valence-electron chi connectivity index (χ1n) is 11.0. The van der Waals surface area contributed by atoms with Gasteiger partial charge in [-0.25, -0.2) is 4.98 Å². The van der Waals surface area contributed by atoms with E-state index in [1.165, 1.54) is 38.2 Å². The maximum atomic E-state index is 12.2. The van der Waals surface area contributed by atoms with E-state index >= 15 is 0 Å². The first kappa shape index (κ1) is 24.8.